The molecule has 0 saturated carbocycles. The van der Waals surface area contributed by atoms with Gasteiger partial charge >= 0.3 is 5.76 Å². The second-order valence-corrected chi connectivity index (χ2v) is 11.5. The highest BCUT2D eigenvalue weighted by molar-refractivity contribution is 5.80. The van der Waals surface area contributed by atoms with E-state index in [0.29, 0.717) is 24.4 Å². The van der Waals surface area contributed by atoms with Gasteiger partial charge in [-0.15, -0.1) is 0 Å². The van der Waals surface area contributed by atoms with Gasteiger partial charge in [-0.05, 0) is 48.8 Å². The van der Waals surface area contributed by atoms with Crippen LogP contribution in [0.4, 0.5) is 0 Å². The smallest absolute Gasteiger partial charge is 0.340 e. The maximum absolute atomic E-state index is 14.1. The first kappa shape index (κ1) is 29.2. The second kappa shape index (κ2) is 12.7. The van der Waals surface area contributed by atoms with Crippen molar-refractivity contribution in [2.24, 2.45) is 0 Å². The van der Waals surface area contributed by atoms with Crippen molar-refractivity contribution in [1.29, 1.82) is 0 Å². The molecular weight excluding hydrogens is 530 g/mol. The number of benzene rings is 2. The fraction of sp³-hybridized carbons (Fsp3) is 0.424. The summed E-state index contributed by atoms with van der Waals surface area (Å²) in [5.74, 6) is 0.567. The predicted octanol–water partition coefficient (Wildman–Crippen LogP) is 5.32. The summed E-state index contributed by atoms with van der Waals surface area (Å²) in [6.45, 7) is 9.38. The lowest BCUT2D eigenvalue weighted by Crippen LogP contribution is -2.38. The van der Waals surface area contributed by atoms with E-state index in [-0.39, 0.29) is 29.8 Å². The molecule has 1 aliphatic heterocycles. The number of H-pyrrole nitrogens is 1. The molecule has 1 aliphatic rings. The van der Waals surface area contributed by atoms with Crippen LogP contribution in [0.25, 0.3) is 22.5 Å². The van der Waals surface area contributed by atoms with Crippen LogP contribution in [0.2, 0.25) is 0 Å². The third-order valence-corrected chi connectivity index (χ3v) is 8.10. The lowest BCUT2D eigenvalue weighted by molar-refractivity contribution is -0.131. The number of carbonyl (C=O) groups is 1. The van der Waals surface area contributed by atoms with Crippen LogP contribution >= 0.6 is 0 Å². The SMILES string of the molecule is CCCCc1nc(C(C)C)c(CC(=O)N2CCC[C@@H]2C)c(=O)n1Cc1ccc(-c2ccccc2-c2noc(=O)[nH]2)cc1. The van der Waals surface area contributed by atoms with Crippen LogP contribution in [0, 0.1) is 0 Å². The molecule has 2 aromatic carbocycles. The Balaban J connectivity index is 1.49. The van der Waals surface area contributed by atoms with E-state index in [2.05, 4.69) is 24.0 Å². The summed E-state index contributed by atoms with van der Waals surface area (Å²) in [7, 11) is 0. The van der Waals surface area contributed by atoms with Crippen molar-refractivity contribution in [2.45, 2.75) is 84.7 Å². The van der Waals surface area contributed by atoms with Crippen LogP contribution in [-0.4, -0.2) is 43.1 Å². The summed E-state index contributed by atoms with van der Waals surface area (Å²) in [6, 6.07) is 15.8. The van der Waals surface area contributed by atoms with Crippen LogP contribution in [0.3, 0.4) is 0 Å². The number of aromatic amines is 1. The highest BCUT2D eigenvalue weighted by Crippen LogP contribution is 2.30. The van der Waals surface area contributed by atoms with Crippen molar-refractivity contribution in [2.75, 3.05) is 6.54 Å². The summed E-state index contributed by atoms with van der Waals surface area (Å²) < 4.78 is 6.48. The molecule has 9 heteroatoms. The number of rotatable bonds is 10. The van der Waals surface area contributed by atoms with Crippen LogP contribution in [0.15, 0.2) is 62.6 Å². The van der Waals surface area contributed by atoms with Crippen molar-refractivity contribution in [3.63, 3.8) is 0 Å². The van der Waals surface area contributed by atoms with Crippen LogP contribution < -0.4 is 11.3 Å². The Morgan fingerprint density at radius 3 is 2.45 bits per heavy atom. The Labute approximate surface area is 245 Å². The maximum Gasteiger partial charge on any atom is 0.439 e. The molecule has 1 saturated heterocycles. The van der Waals surface area contributed by atoms with E-state index >= 15 is 0 Å². The topological polar surface area (TPSA) is 114 Å². The molecule has 0 spiro atoms. The molecule has 0 unspecified atom stereocenters. The van der Waals surface area contributed by atoms with Gasteiger partial charge in [0.15, 0.2) is 5.82 Å². The minimum absolute atomic E-state index is 0.00475. The normalized spacial score (nSPS) is 15.1. The molecule has 0 aliphatic carbocycles. The van der Waals surface area contributed by atoms with E-state index in [1.807, 2.05) is 67.3 Å². The summed E-state index contributed by atoms with van der Waals surface area (Å²) in [4.78, 5) is 48.5. The number of carbonyl (C=O) groups excluding carboxylic acids is 1. The van der Waals surface area contributed by atoms with E-state index in [1.54, 1.807) is 4.57 Å². The first-order valence-electron chi connectivity index (χ1n) is 14.9. The van der Waals surface area contributed by atoms with Crippen molar-refractivity contribution in [1.82, 2.24) is 24.6 Å². The maximum atomic E-state index is 14.1. The molecule has 5 rings (SSSR count). The highest BCUT2D eigenvalue weighted by atomic mass is 16.5. The van der Waals surface area contributed by atoms with Gasteiger partial charge in [-0.25, -0.2) is 9.78 Å². The first-order valence-corrected chi connectivity index (χ1v) is 14.9. The van der Waals surface area contributed by atoms with Gasteiger partial charge in [0.05, 0.1) is 18.7 Å². The minimum atomic E-state index is -0.604. The van der Waals surface area contributed by atoms with Gasteiger partial charge in [0, 0.05) is 30.1 Å². The number of aromatic nitrogens is 4. The average Bonchev–Trinajstić information content (AvgIpc) is 3.62. The molecule has 3 heterocycles. The Bertz CT molecular complexity index is 1660. The number of nitrogens with one attached hydrogen (secondary N) is 1. The van der Waals surface area contributed by atoms with Gasteiger partial charge < -0.3 is 4.90 Å². The molecule has 1 amide bonds. The molecule has 4 aromatic rings. The Hall–Kier alpha value is -4.27. The quantitative estimate of drug-likeness (QED) is 0.276. The summed E-state index contributed by atoms with van der Waals surface area (Å²) in [5, 5.41) is 3.85. The van der Waals surface area contributed by atoms with Gasteiger partial charge in [0.2, 0.25) is 5.91 Å². The zero-order valence-corrected chi connectivity index (χ0v) is 24.9. The molecule has 42 heavy (non-hydrogen) atoms. The summed E-state index contributed by atoms with van der Waals surface area (Å²) in [6.07, 6.45) is 4.69. The monoisotopic (exact) mass is 569 g/mol. The first-order chi connectivity index (χ1) is 20.3. The molecule has 1 atom stereocenters. The van der Waals surface area contributed by atoms with E-state index in [0.717, 1.165) is 66.0 Å². The zero-order valence-electron chi connectivity index (χ0n) is 24.9. The fourth-order valence-electron chi connectivity index (χ4n) is 5.81. The number of unbranched alkanes of at least 4 members (excludes halogenated alkanes) is 1. The Morgan fingerprint density at radius 2 is 1.83 bits per heavy atom. The fourth-order valence-corrected chi connectivity index (χ4v) is 5.81. The third-order valence-electron chi connectivity index (χ3n) is 8.10. The Kier molecular flexibility index (Phi) is 8.85. The summed E-state index contributed by atoms with van der Waals surface area (Å²) in [5.41, 5.74) is 4.68. The van der Waals surface area contributed by atoms with Crippen LogP contribution in [-0.2, 0) is 24.2 Å². The Morgan fingerprint density at radius 1 is 1.10 bits per heavy atom. The molecular formula is C33H39N5O4. The van der Waals surface area contributed by atoms with E-state index in [1.165, 1.54) is 0 Å². The molecule has 9 nitrogen and oxygen atoms in total. The lowest BCUT2D eigenvalue weighted by Gasteiger charge is -2.23. The molecule has 1 N–H and O–H groups in total. The largest absolute Gasteiger partial charge is 0.439 e. The zero-order chi connectivity index (χ0) is 29.8. The number of hydrogen-bond acceptors (Lipinski definition) is 6. The van der Waals surface area contributed by atoms with Crippen molar-refractivity contribution in [3.05, 3.63) is 92.1 Å². The second-order valence-electron chi connectivity index (χ2n) is 11.5. The molecule has 0 bridgehead atoms. The average molecular weight is 570 g/mol. The van der Waals surface area contributed by atoms with Gasteiger partial charge in [0.1, 0.15) is 5.82 Å². The van der Waals surface area contributed by atoms with Gasteiger partial charge in [-0.3, -0.25) is 23.7 Å². The van der Waals surface area contributed by atoms with Gasteiger partial charge in [-0.2, -0.15) is 0 Å². The third kappa shape index (κ3) is 6.15. The van der Waals surface area contributed by atoms with Crippen molar-refractivity contribution in [3.8, 4) is 22.5 Å². The highest BCUT2D eigenvalue weighted by Gasteiger charge is 2.28. The van der Waals surface area contributed by atoms with Gasteiger partial charge in [-0.1, -0.05) is 80.9 Å². The molecule has 1 fully saturated rings. The van der Waals surface area contributed by atoms with Crippen LogP contribution in [0.1, 0.15) is 81.9 Å². The number of aryl methyl sites for hydroxylation is 1. The van der Waals surface area contributed by atoms with Crippen molar-refractivity contribution < 1.29 is 9.32 Å². The van der Waals surface area contributed by atoms with E-state index < -0.39 is 5.76 Å². The predicted molar refractivity (Wildman–Crippen MR) is 162 cm³/mol. The standard InChI is InChI=1S/C33H39N5O4/c1-5-6-13-28-34-30(21(2)3)27(19-29(39)37-18-9-10-22(37)4)32(40)38(28)20-23-14-16-24(17-15-23)25-11-7-8-12-26(25)31-35-33(41)42-36-31/h7-8,11-12,14-17,21-22H,5-6,9-10,13,18-20H2,1-4H3,(H,35,36,41)/t22-/m0/s1. The minimum Gasteiger partial charge on any atom is -0.340 e. The van der Waals surface area contributed by atoms with Gasteiger partial charge in [0.25, 0.3) is 5.56 Å². The summed E-state index contributed by atoms with van der Waals surface area (Å²) >= 11 is 0. The number of nitrogens with zero attached hydrogens (tertiary/aromatic N) is 4. The number of hydrogen-bond donors (Lipinski definition) is 1. The van der Waals surface area contributed by atoms with E-state index in [4.69, 9.17) is 9.51 Å². The van der Waals surface area contributed by atoms with E-state index in [9.17, 15) is 14.4 Å². The number of amides is 1. The number of likely N-dealkylation sites (tertiary alicyclic amines) is 1. The molecule has 2 aromatic heterocycles. The lowest BCUT2D eigenvalue weighted by atomic mass is 9.98. The van der Waals surface area contributed by atoms with Crippen molar-refractivity contribution >= 4 is 5.91 Å². The van der Waals surface area contributed by atoms with Crippen LogP contribution in [0.5, 0.6) is 0 Å². The molecule has 0 radical (unpaired) electrons. The molecule has 220 valence electrons.